The molecular weight excluding hydrogens is 418 g/mol. The van der Waals surface area contributed by atoms with Crippen molar-refractivity contribution in [1.82, 2.24) is 9.55 Å². The molecule has 0 saturated carbocycles. The minimum Gasteiger partial charge on any atom is -1.00 e. The van der Waals surface area contributed by atoms with Crippen molar-refractivity contribution in [2.75, 3.05) is 6.61 Å². The van der Waals surface area contributed by atoms with Gasteiger partial charge in [0.25, 0.3) is 0 Å². The van der Waals surface area contributed by atoms with Crippen molar-refractivity contribution in [1.29, 1.82) is 5.41 Å². The number of aryl methyl sites for hydroxylation is 1. The number of hydrogen-bond acceptors (Lipinski definition) is 4. The maximum Gasteiger partial charge on any atom is 0.182 e. The van der Waals surface area contributed by atoms with Gasteiger partial charge in [-0.15, -0.1) is 0 Å². The number of rotatable bonds is 7. The Balaban J connectivity index is 0.00000280. The van der Waals surface area contributed by atoms with Crippen LogP contribution in [0.1, 0.15) is 28.7 Å². The number of carbonyl (C=O) groups is 1. The van der Waals surface area contributed by atoms with Gasteiger partial charge in [0.05, 0.1) is 13.2 Å². The zero-order valence-electron chi connectivity index (χ0n) is 16.0. The standard InChI is InChI=1S/C22H23N3O2.BrH/c1-3-27-15-20-13-25(16(2)24-22(20)23)14-21(26)19-11-9-18(10-12-19)17-7-5-4-6-8-17;/h4-13,23H,3,14-15H2,1-2H3;1H/p-1. The molecule has 0 aliphatic carbocycles. The first-order valence-corrected chi connectivity index (χ1v) is 8.96. The van der Waals surface area contributed by atoms with E-state index in [1.54, 1.807) is 17.7 Å². The van der Waals surface area contributed by atoms with Crippen molar-refractivity contribution in [2.24, 2.45) is 0 Å². The van der Waals surface area contributed by atoms with E-state index in [-0.39, 0.29) is 34.8 Å². The highest BCUT2D eigenvalue weighted by atomic mass is 79.9. The quantitative estimate of drug-likeness (QED) is 0.551. The average Bonchev–Trinajstić information content (AvgIpc) is 2.70. The molecule has 28 heavy (non-hydrogen) atoms. The Morgan fingerprint density at radius 3 is 2.36 bits per heavy atom. The van der Waals surface area contributed by atoms with Gasteiger partial charge in [0.1, 0.15) is 5.82 Å². The lowest BCUT2D eigenvalue weighted by Gasteiger charge is -2.12. The van der Waals surface area contributed by atoms with Gasteiger partial charge in [0.2, 0.25) is 0 Å². The monoisotopic (exact) mass is 440 g/mol. The van der Waals surface area contributed by atoms with Gasteiger partial charge in [-0.2, -0.15) is 0 Å². The van der Waals surface area contributed by atoms with Crippen molar-refractivity contribution in [3.05, 3.63) is 83.2 Å². The van der Waals surface area contributed by atoms with Crippen LogP contribution in [0.2, 0.25) is 0 Å². The van der Waals surface area contributed by atoms with Gasteiger partial charge < -0.3 is 26.3 Å². The fourth-order valence-corrected chi connectivity index (χ4v) is 2.84. The highest BCUT2D eigenvalue weighted by Gasteiger charge is 2.10. The molecule has 0 fully saturated rings. The van der Waals surface area contributed by atoms with E-state index in [0.29, 0.717) is 30.2 Å². The van der Waals surface area contributed by atoms with Crippen molar-refractivity contribution in [2.45, 2.75) is 27.0 Å². The lowest BCUT2D eigenvalue weighted by Crippen LogP contribution is -3.00. The summed E-state index contributed by atoms with van der Waals surface area (Å²) in [5, 5.41) is 7.95. The number of benzene rings is 2. The van der Waals surface area contributed by atoms with Crippen LogP contribution in [0.15, 0.2) is 60.8 Å². The Kier molecular flexibility index (Phi) is 7.84. The Labute approximate surface area is 175 Å². The third-order valence-electron chi connectivity index (χ3n) is 4.39. The van der Waals surface area contributed by atoms with E-state index in [1.807, 2.05) is 61.5 Å². The first-order valence-electron chi connectivity index (χ1n) is 8.96. The number of ether oxygens (including phenoxy) is 1. The summed E-state index contributed by atoms with van der Waals surface area (Å²) in [5.41, 5.74) is 3.72. The summed E-state index contributed by atoms with van der Waals surface area (Å²) in [6, 6.07) is 17.7. The minimum absolute atomic E-state index is 0. The Morgan fingerprint density at radius 1 is 1.07 bits per heavy atom. The van der Waals surface area contributed by atoms with Crippen LogP contribution in [0.5, 0.6) is 0 Å². The number of aromatic nitrogens is 2. The molecule has 0 amide bonds. The molecule has 0 spiro atoms. The molecular formula is C22H23BrN3O2-. The highest BCUT2D eigenvalue weighted by molar-refractivity contribution is 5.96. The van der Waals surface area contributed by atoms with E-state index < -0.39 is 0 Å². The summed E-state index contributed by atoms with van der Waals surface area (Å²) in [6.07, 6.45) is 1.79. The summed E-state index contributed by atoms with van der Waals surface area (Å²) < 4.78 is 7.16. The SMILES string of the molecule is CCOCc1cn(CC(=O)c2ccc(-c3ccccc3)cc2)c(C)nc1=N.[Br-]. The second kappa shape index (κ2) is 10.1. The predicted octanol–water partition coefficient (Wildman–Crippen LogP) is 0.761. The summed E-state index contributed by atoms with van der Waals surface area (Å²) in [4.78, 5) is 16.9. The van der Waals surface area contributed by atoms with Gasteiger partial charge in [0.15, 0.2) is 11.3 Å². The second-order valence-corrected chi connectivity index (χ2v) is 6.29. The Bertz CT molecular complexity index is 983. The number of carbonyl (C=O) groups excluding carboxylic acids is 1. The zero-order chi connectivity index (χ0) is 19.2. The van der Waals surface area contributed by atoms with E-state index >= 15 is 0 Å². The molecule has 1 N–H and O–H groups in total. The van der Waals surface area contributed by atoms with Crippen molar-refractivity contribution in [3.8, 4) is 11.1 Å². The lowest BCUT2D eigenvalue weighted by atomic mass is 10.0. The van der Waals surface area contributed by atoms with Gasteiger partial charge in [-0.1, -0.05) is 54.6 Å². The van der Waals surface area contributed by atoms with Crippen LogP contribution < -0.4 is 22.5 Å². The predicted molar refractivity (Wildman–Crippen MR) is 104 cm³/mol. The fourth-order valence-electron chi connectivity index (χ4n) is 2.84. The molecule has 0 radical (unpaired) electrons. The minimum atomic E-state index is 0. The van der Waals surface area contributed by atoms with Crippen LogP contribution in [-0.4, -0.2) is 21.9 Å². The van der Waals surface area contributed by atoms with Gasteiger partial charge in [-0.05, 0) is 25.0 Å². The van der Waals surface area contributed by atoms with E-state index in [4.69, 9.17) is 10.1 Å². The highest BCUT2D eigenvalue weighted by Crippen LogP contribution is 2.19. The maximum atomic E-state index is 12.7. The summed E-state index contributed by atoms with van der Waals surface area (Å²) in [7, 11) is 0. The largest absolute Gasteiger partial charge is 1.00 e. The fraction of sp³-hybridized carbons (Fsp3) is 0.227. The van der Waals surface area contributed by atoms with E-state index in [0.717, 1.165) is 11.1 Å². The molecule has 1 heterocycles. The van der Waals surface area contributed by atoms with Crippen molar-refractivity contribution >= 4 is 5.78 Å². The van der Waals surface area contributed by atoms with Gasteiger partial charge in [-0.3, -0.25) is 10.2 Å². The van der Waals surface area contributed by atoms with E-state index in [2.05, 4.69) is 4.98 Å². The smallest absolute Gasteiger partial charge is 0.182 e. The van der Waals surface area contributed by atoms with Crippen LogP contribution >= 0.6 is 0 Å². The maximum absolute atomic E-state index is 12.7. The summed E-state index contributed by atoms with van der Waals surface area (Å²) >= 11 is 0. The number of Topliss-reactive ketones (excluding diaryl/α,β-unsaturated/α-hetero) is 1. The summed E-state index contributed by atoms with van der Waals surface area (Å²) in [6.45, 7) is 4.78. The van der Waals surface area contributed by atoms with E-state index in [1.165, 1.54) is 0 Å². The van der Waals surface area contributed by atoms with Crippen LogP contribution in [-0.2, 0) is 17.9 Å². The molecule has 0 aliphatic rings. The zero-order valence-corrected chi connectivity index (χ0v) is 17.6. The molecule has 0 unspecified atom stereocenters. The van der Waals surface area contributed by atoms with Crippen LogP contribution in [0.25, 0.3) is 11.1 Å². The molecule has 0 bridgehead atoms. The van der Waals surface area contributed by atoms with Gasteiger partial charge in [0, 0.05) is 23.9 Å². The third kappa shape index (κ3) is 5.24. The average molecular weight is 441 g/mol. The normalized spacial score (nSPS) is 10.4. The molecule has 0 saturated heterocycles. The molecule has 5 nitrogen and oxygen atoms in total. The Morgan fingerprint density at radius 2 is 1.71 bits per heavy atom. The molecule has 0 aliphatic heterocycles. The van der Waals surface area contributed by atoms with Crippen LogP contribution in [0.4, 0.5) is 0 Å². The number of nitrogens with zero attached hydrogens (tertiary/aromatic N) is 2. The number of hydrogen-bond donors (Lipinski definition) is 1. The Hall–Kier alpha value is -2.57. The molecule has 3 aromatic rings. The third-order valence-corrected chi connectivity index (χ3v) is 4.39. The molecule has 3 rings (SSSR count). The molecule has 6 heteroatoms. The molecule has 1 aromatic heterocycles. The van der Waals surface area contributed by atoms with Crippen LogP contribution in [0.3, 0.4) is 0 Å². The molecule has 146 valence electrons. The van der Waals surface area contributed by atoms with Crippen LogP contribution in [0, 0.1) is 12.3 Å². The lowest BCUT2D eigenvalue weighted by molar-refractivity contribution is -0.0000144. The van der Waals surface area contributed by atoms with Gasteiger partial charge >= 0.3 is 0 Å². The number of halogens is 1. The van der Waals surface area contributed by atoms with Crippen molar-refractivity contribution < 1.29 is 26.5 Å². The molecule has 0 atom stereocenters. The first kappa shape index (κ1) is 21.7. The topological polar surface area (TPSA) is 68.0 Å². The van der Waals surface area contributed by atoms with E-state index in [9.17, 15) is 4.79 Å². The van der Waals surface area contributed by atoms with Crippen molar-refractivity contribution in [3.63, 3.8) is 0 Å². The first-order chi connectivity index (χ1) is 13.1. The second-order valence-electron chi connectivity index (χ2n) is 6.29. The number of ketones is 1. The summed E-state index contributed by atoms with van der Waals surface area (Å²) in [5.74, 6) is 0.638. The molecule has 2 aromatic carbocycles. The van der Waals surface area contributed by atoms with Gasteiger partial charge in [-0.25, -0.2) is 4.98 Å². The number of nitrogens with one attached hydrogen (secondary N) is 1.